The van der Waals surface area contributed by atoms with Crippen molar-refractivity contribution >= 4 is 35.3 Å². The zero-order valence-electron chi connectivity index (χ0n) is 18.2. The molecule has 2 rings (SSSR count). The summed E-state index contributed by atoms with van der Waals surface area (Å²) in [7, 11) is 0. The maximum atomic E-state index is 12.7. The number of nitrogens with zero attached hydrogens (tertiary/aromatic N) is 3. The summed E-state index contributed by atoms with van der Waals surface area (Å²) in [5.41, 5.74) is 3.07. The van der Waals surface area contributed by atoms with Crippen molar-refractivity contribution in [3.05, 3.63) is 47.3 Å². The second kappa shape index (κ2) is 12.0. The summed E-state index contributed by atoms with van der Waals surface area (Å²) in [6.07, 6.45) is 2.42. The van der Waals surface area contributed by atoms with E-state index in [1.54, 1.807) is 37.3 Å². The van der Waals surface area contributed by atoms with Crippen LogP contribution in [0.15, 0.2) is 35.5 Å². The van der Waals surface area contributed by atoms with Crippen LogP contribution in [-0.2, 0) is 30.3 Å². The van der Waals surface area contributed by atoms with Gasteiger partial charge in [0, 0.05) is 23.5 Å². The second-order valence-electron chi connectivity index (χ2n) is 6.64. The molecule has 0 aliphatic carbocycles. The first-order chi connectivity index (χ1) is 14.8. The fourth-order valence-electron chi connectivity index (χ4n) is 2.95. The summed E-state index contributed by atoms with van der Waals surface area (Å²) >= 11 is 1.46. The number of amides is 1. The third-order valence-electron chi connectivity index (χ3n) is 4.48. The number of anilines is 1. The lowest BCUT2D eigenvalue weighted by atomic mass is 10.1. The summed E-state index contributed by atoms with van der Waals surface area (Å²) in [6.45, 7) is 4.94. The molecule has 1 heterocycles. The van der Waals surface area contributed by atoms with E-state index in [0.29, 0.717) is 17.3 Å². The molecule has 1 aromatic heterocycles. The van der Waals surface area contributed by atoms with Gasteiger partial charge in [-0.3, -0.25) is 19.3 Å². The second-order valence-corrected chi connectivity index (χ2v) is 7.41. The molecular weight excluding hydrogens is 418 g/mol. The van der Waals surface area contributed by atoms with Crippen molar-refractivity contribution in [1.82, 2.24) is 9.97 Å². The van der Waals surface area contributed by atoms with Gasteiger partial charge in [0.05, 0.1) is 6.61 Å². The molecule has 0 saturated heterocycles. The average Bonchev–Trinajstić information content (AvgIpc) is 2.75. The Morgan fingerprint density at radius 3 is 2.23 bits per heavy atom. The highest BCUT2D eigenvalue weighted by Gasteiger charge is 2.21. The predicted octanol–water partition coefficient (Wildman–Crippen LogP) is 2.89. The Morgan fingerprint density at radius 2 is 1.65 bits per heavy atom. The van der Waals surface area contributed by atoms with Crippen molar-refractivity contribution in [2.75, 3.05) is 30.9 Å². The standard InChI is InChI=1S/C22H27N3O5S/c1-5-29-21(28)13-25(17-9-7-6-8-10-17)19(26)14-30-20(27)12-11-18-15(2)23-22(31-4)24-16(18)3/h6-10H,5,11-14H2,1-4H3. The van der Waals surface area contributed by atoms with Gasteiger partial charge in [-0.15, -0.1) is 0 Å². The summed E-state index contributed by atoms with van der Waals surface area (Å²) in [6, 6.07) is 8.70. The van der Waals surface area contributed by atoms with Gasteiger partial charge in [-0.05, 0) is 51.1 Å². The van der Waals surface area contributed by atoms with Gasteiger partial charge in [-0.25, -0.2) is 9.97 Å². The van der Waals surface area contributed by atoms with Crippen LogP contribution in [0.3, 0.4) is 0 Å². The zero-order chi connectivity index (χ0) is 22.8. The number of para-hydroxylation sites is 1. The Bertz CT molecular complexity index is 898. The van der Waals surface area contributed by atoms with E-state index < -0.39 is 24.5 Å². The first-order valence-corrected chi connectivity index (χ1v) is 11.1. The highest BCUT2D eigenvalue weighted by molar-refractivity contribution is 7.98. The van der Waals surface area contributed by atoms with E-state index in [-0.39, 0.29) is 19.6 Å². The first-order valence-electron chi connectivity index (χ1n) is 9.90. The molecule has 0 N–H and O–H groups in total. The quantitative estimate of drug-likeness (QED) is 0.313. The Labute approximate surface area is 186 Å². The number of rotatable bonds is 10. The normalized spacial score (nSPS) is 10.5. The fraction of sp³-hybridized carbons (Fsp3) is 0.409. The third-order valence-corrected chi connectivity index (χ3v) is 5.03. The number of hydrogen-bond donors (Lipinski definition) is 0. The van der Waals surface area contributed by atoms with Crippen LogP contribution >= 0.6 is 11.8 Å². The predicted molar refractivity (Wildman–Crippen MR) is 118 cm³/mol. The molecule has 2 aromatic rings. The van der Waals surface area contributed by atoms with E-state index in [9.17, 15) is 14.4 Å². The van der Waals surface area contributed by atoms with Crippen LogP contribution in [-0.4, -0.2) is 53.8 Å². The molecule has 0 saturated carbocycles. The molecule has 31 heavy (non-hydrogen) atoms. The highest BCUT2D eigenvalue weighted by atomic mass is 32.2. The molecule has 0 spiro atoms. The van der Waals surface area contributed by atoms with Gasteiger partial charge in [-0.1, -0.05) is 30.0 Å². The first kappa shape index (κ1) is 24.3. The smallest absolute Gasteiger partial charge is 0.326 e. The van der Waals surface area contributed by atoms with Crippen LogP contribution in [0.25, 0.3) is 0 Å². The van der Waals surface area contributed by atoms with E-state index in [1.807, 2.05) is 20.1 Å². The van der Waals surface area contributed by atoms with Crippen molar-refractivity contribution in [2.45, 2.75) is 38.8 Å². The summed E-state index contributed by atoms with van der Waals surface area (Å²) in [4.78, 5) is 46.8. The maximum absolute atomic E-state index is 12.7. The molecule has 0 radical (unpaired) electrons. The zero-order valence-corrected chi connectivity index (χ0v) is 19.0. The Balaban J connectivity index is 1.96. The molecule has 8 nitrogen and oxygen atoms in total. The lowest BCUT2D eigenvalue weighted by Crippen LogP contribution is -2.39. The number of carbonyl (C=O) groups excluding carboxylic acids is 3. The van der Waals surface area contributed by atoms with E-state index in [2.05, 4.69) is 9.97 Å². The van der Waals surface area contributed by atoms with Gasteiger partial charge in [0.2, 0.25) is 0 Å². The fourth-order valence-corrected chi connectivity index (χ4v) is 3.40. The van der Waals surface area contributed by atoms with E-state index in [1.165, 1.54) is 16.7 Å². The van der Waals surface area contributed by atoms with Crippen molar-refractivity contribution in [1.29, 1.82) is 0 Å². The Hall–Kier alpha value is -2.94. The van der Waals surface area contributed by atoms with Crippen molar-refractivity contribution in [2.24, 2.45) is 0 Å². The van der Waals surface area contributed by atoms with Gasteiger partial charge in [-0.2, -0.15) is 0 Å². The van der Waals surface area contributed by atoms with Gasteiger partial charge < -0.3 is 9.47 Å². The molecular formula is C22H27N3O5S. The summed E-state index contributed by atoms with van der Waals surface area (Å²) < 4.78 is 10.1. The number of thioether (sulfide) groups is 1. The van der Waals surface area contributed by atoms with Crippen molar-refractivity contribution < 1.29 is 23.9 Å². The van der Waals surface area contributed by atoms with Crippen LogP contribution in [0.1, 0.15) is 30.3 Å². The lowest BCUT2D eigenvalue weighted by Gasteiger charge is -2.21. The van der Waals surface area contributed by atoms with E-state index in [4.69, 9.17) is 9.47 Å². The lowest BCUT2D eigenvalue weighted by molar-refractivity contribution is -0.148. The average molecular weight is 446 g/mol. The van der Waals surface area contributed by atoms with Gasteiger partial charge >= 0.3 is 11.9 Å². The Kier molecular flexibility index (Phi) is 9.45. The molecule has 1 aromatic carbocycles. The maximum Gasteiger partial charge on any atom is 0.326 e. The van der Waals surface area contributed by atoms with Crippen LogP contribution in [0.4, 0.5) is 5.69 Å². The van der Waals surface area contributed by atoms with Crippen LogP contribution < -0.4 is 4.90 Å². The third kappa shape index (κ3) is 7.36. The molecule has 0 aliphatic heterocycles. The molecule has 0 bridgehead atoms. The highest BCUT2D eigenvalue weighted by Crippen LogP contribution is 2.18. The number of hydrogen-bond acceptors (Lipinski definition) is 8. The number of esters is 2. The molecule has 0 atom stereocenters. The largest absolute Gasteiger partial charge is 0.465 e. The van der Waals surface area contributed by atoms with Crippen LogP contribution in [0, 0.1) is 13.8 Å². The molecule has 9 heteroatoms. The summed E-state index contributed by atoms with van der Waals surface area (Å²) in [5, 5.41) is 0.689. The minimum absolute atomic E-state index is 0.0974. The minimum Gasteiger partial charge on any atom is -0.465 e. The number of ether oxygens (including phenoxy) is 2. The van der Waals surface area contributed by atoms with Gasteiger partial charge in [0.1, 0.15) is 6.54 Å². The number of benzene rings is 1. The van der Waals surface area contributed by atoms with E-state index >= 15 is 0 Å². The molecule has 0 unspecified atom stereocenters. The van der Waals surface area contributed by atoms with Gasteiger partial charge in [0.25, 0.3) is 5.91 Å². The minimum atomic E-state index is -0.536. The van der Waals surface area contributed by atoms with Crippen LogP contribution in [0.2, 0.25) is 0 Å². The number of aryl methyl sites for hydroxylation is 2. The SMILES string of the molecule is CCOC(=O)CN(C(=O)COC(=O)CCc1c(C)nc(SC)nc1C)c1ccccc1. The molecule has 166 valence electrons. The van der Waals surface area contributed by atoms with E-state index in [0.717, 1.165) is 17.0 Å². The number of carbonyl (C=O) groups is 3. The van der Waals surface area contributed by atoms with Crippen molar-refractivity contribution in [3.8, 4) is 0 Å². The monoisotopic (exact) mass is 445 g/mol. The topological polar surface area (TPSA) is 98.7 Å². The van der Waals surface area contributed by atoms with Gasteiger partial charge in [0.15, 0.2) is 11.8 Å². The molecule has 0 fully saturated rings. The molecule has 0 aliphatic rings. The molecule has 1 amide bonds. The Morgan fingerprint density at radius 1 is 1.00 bits per heavy atom. The number of aromatic nitrogens is 2. The van der Waals surface area contributed by atoms with Crippen LogP contribution in [0.5, 0.6) is 0 Å². The van der Waals surface area contributed by atoms with Crippen molar-refractivity contribution in [3.63, 3.8) is 0 Å². The summed E-state index contributed by atoms with van der Waals surface area (Å²) in [5.74, 6) is -1.55.